The molecule has 4 aromatic rings. The Morgan fingerprint density at radius 1 is 1.25 bits per heavy atom. The van der Waals surface area contributed by atoms with E-state index in [2.05, 4.69) is 25.5 Å². The quantitative estimate of drug-likeness (QED) is 0.502. The van der Waals surface area contributed by atoms with Gasteiger partial charge in [0.15, 0.2) is 5.58 Å². The van der Waals surface area contributed by atoms with Gasteiger partial charge in [-0.25, -0.2) is 0 Å². The molecule has 1 amide bonds. The summed E-state index contributed by atoms with van der Waals surface area (Å²) in [7, 11) is 0. The molecule has 4 heterocycles. The third-order valence-corrected chi connectivity index (χ3v) is 6.73. The second-order valence-corrected chi connectivity index (χ2v) is 8.76. The normalized spacial score (nSPS) is 21.7. The van der Waals surface area contributed by atoms with E-state index in [1.807, 2.05) is 55.1 Å². The lowest BCUT2D eigenvalue weighted by Crippen LogP contribution is -2.43. The first-order valence-corrected chi connectivity index (χ1v) is 11.0. The zero-order valence-electron chi connectivity index (χ0n) is 18.0. The number of carbonyl (C=O) groups excluding carboxylic acids is 1. The SMILES string of the molecule is Cc1n[nH]c(C)c1-c1cccnc1C(=O)N1CC2CC2C1CNc1nc2ccccc2o1. The van der Waals surface area contributed by atoms with E-state index < -0.39 is 0 Å². The summed E-state index contributed by atoms with van der Waals surface area (Å²) in [6.07, 6.45) is 2.85. The molecule has 2 N–H and O–H groups in total. The zero-order chi connectivity index (χ0) is 21.8. The van der Waals surface area contributed by atoms with Gasteiger partial charge in [-0.05, 0) is 50.3 Å². The highest BCUT2D eigenvalue weighted by Crippen LogP contribution is 2.50. The fourth-order valence-corrected chi connectivity index (χ4v) is 5.07. The number of aryl methyl sites for hydroxylation is 2. The number of anilines is 1. The number of H-pyrrole nitrogens is 1. The van der Waals surface area contributed by atoms with Crippen molar-refractivity contribution in [2.75, 3.05) is 18.4 Å². The number of rotatable bonds is 5. The molecule has 8 nitrogen and oxygen atoms in total. The summed E-state index contributed by atoms with van der Waals surface area (Å²) < 4.78 is 5.80. The number of fused-ring (bicyclic) bond motifs is 2. The number of likely N-dealkylation sites (tertiary alicyclic amines) is 1. The lowest BCUT2D eigenvalue weighted by Gasteiger charge is -2.28. The van der Waals surface area contributed by atoms with Gasteiger partial charge in [0.25, 0.3) is 11.9 Å². The Morgan fingerprint density at radius 2 is 2.12 bits per heavy atom. The van der Waals surface area contributed by atoms with Crippen molar-refractivity contribution in [1.82, 2.24) is 25.1 Å². The van der Waals surface area contributed by atoms with Crippen LogP contribution >= 0.6 is 0 Å². The zero-order valence-corrected chi connectivity index (χ0v) is 18.0. The summed E-state index contributed by atoms with van der Waals surface area (Å²) >= 11 is 0. The van der Waals surface area contributed by atoms with Crippen LogP contribution in [0.15, 0.2) is 47.0 Å². The van der Waals surface area contributed by atoms with Gasteiger partial charge in [0.05, 0.1) is 11.7 Å². The monoisotopic (exact) mass is 428 g/mol. The van der Waals surface area contributed by atoms with Crippen LogP contribution in [0.5, 0.6) is 0 Å². The third kappa shape index (κ3) is 3.05. The molecule has 0 radical (unpaired) electrons. The number of carbonyl (C=O) groups is 1. The summed E-state index contributed by atoms with van der Waals surface area (Å²) in [5.41, 5.74) is 5.63. The largest absolute Gasteiger partial charge is 0.424 e. The Labute approximate surface area is 185 Å². The Bertz CT molecular complexity index is 1270. The van der Waals surface area contributed by atoms with E-state index in [-0.39, 0.29) is 11.9 Å². The molecule has 1 saturated heterocycles. The summed E-state index contributed by atoms with van der Waals surface area (Å²) in [6, 6.07) is 12.1. The fourth-order valence-electron chi connectivity index (χ4n) is 5.07. The van der Waals surface area contributed by atoms with Crippen molar-refractivity contribution in [2.24, 2.45) is 11.8 Å². The highest BCUT2D eigenvalue weighted by atomic mass is 16.4. The molecule has 3 unspecified atom stereocenters. The predicted octanol–water partition coefficient (Wildman–Crippen LogP) is 3.80. The highest BCUT2D eigenvalue weighted by Gasteiger charge is 2.54. The van der Waals surface area contributed by atoms with E-state index in [1.165, 1.54) is 6.42 Å². The molecular formula is C24H24N6O2. The number of piperidine rings is 1. The smallest absolute Gasteiger partial charge is 0.295 e. The lowest BCUT2D eigenvalue weighted by atomic mass is 10.0. The lowest BCUT2D eigenvalue weighted by molar-refractivity contribution is 0.0710. The van der Waals surface area contributed by atoms with Crippen LogP contribution in [0.25, 0.3) is 22.2 Å². The van der Waals surface area contributed by atoms with Crippen LogP contribution in [0.3, 0.4) is 0 Å². The highest BCUT2D eigenvalue weighted by molar-refractivity contribution is 6.00. The first-order valence-electron chi connectivity index (χ1n) is 11.0. The van der Waals surface area contributed by atoms with Crippen LogP contribution in [-0.4, -0.2) is 50.1 Å². The minimum absolute atomic E-state index is 0.0304. The van der Waals surface area contributed by atoms with Crippen molar-refractivity contribution in [2.45, 2.75) is 26.3 Å². The van der Waals surface area contributed by atoms with Gasteiger partial charge in [-0.3, -0.25) is 14.9 Å². The Morgan fingerprint density at radius 3 is 2.94 bits per heavy atom. The van der Waals surface area contributed by atoms with Crippen molar-refractivity contribution in [3.8, 4) is 11.1 Å². The van der Waals surface area contributed by atoms with Crippen LogP contribution < -0.4 is 5.32 Å². The summed E-state index contributed by atoms with van der Waals surface area (Å²) in [5.74, 6) is 1.05. The average Bonchev–Trinajstić information content (AvgIpc) is 3.13. The Kier molecular flexibility index (Phi) is 4.28. The minimum atomic E-state index is -0.0304. The van der Waals surface area contributed by atoms with Gasteiger partial charge in [-0.2, -0.15) is 10.1 Å². The first kappa shape index (κ1) is 19.0. The Hall–Kier alpha value is -3.68. The van der Waals surface area contributed by atoms with E-state index in [9.17, 15) is 4.79 Å². The summed E-state index contributed by atoms with van der Waals surface area (Å²) in [5, 5.41) is 10.6. The van der Waals surface area contributed by atoms with Crippen molar-refractivity contribution >= 4 is 23.0 Å². The number of benzene rings is 1. The maximum atomic E-state index is 13.7. The van der Waals surface area contributed by atoms with E-state index in [0.717, 1.165) is 40.2 Å². The molecule has 32 heavy (non-hydrogen) atoms. The average molecular weight is 428 g/mol. The number of hydrogen-bond donors (Lipinski definition) is 2. The van der Waals surface area contributed by atoms with Gasteiger partial charge in [-0.1, -0.05) is 18.2 Å². The number of oxazole rings is 1. The topological polar surface area (TPSA) is 99.9 Å². The van der Waals surface area contributed by atoms with Gasteiger partial charge in [0, 0.05) is 36.1 Å². The molecule has 2 fully saturated rings. The van der Waals surface area contributed by atoms with Gasteiger partial charge in [0.2, 0.25) is 0 Å². The molecule has 162 valence electrons. The van der Waals surface area contributed by atoms with E-state index in [1.54, 1.807) is 6.20 Å². The molecule has 8 heteroatoms. The molecule has 3 atom stereocenters. The Balaban J connectivity index is 1.26. The number of para-hydroxylation sites is 2. The molecule has 1 saturated carbocycles. The maximum Gasteiger partial charge on any atom is 0.295 e. The molecule has 1 aliphatic heterocycles. The summed E-state index contributed by atoms with van der Waals surface area (Å²) in [6.45, 7) is 5.28. The predicted molar refractivity (Wildman–Crippen MR) is 120 cm³/mol. The first-order chi connectivity index (χ1) is 15.6. The number of pyridine rings is 1. The van der Waals surface area contributed by atoms with Gasteiger partial charge < -0.3 is 14.6 Å². The molecular weight excluding hydrogens is 404 g/mol. The van der Waals surface area contributed by atoms with Gasteiger partial charge in [-0.15, -0.1) is 0 Å². The molecule has 3 aromatic heterocycles. The number of aromatic amines is 1. The number of nitrogens with one attached hydrogen (secondary N) is 2. The fraction of sp³-hybridized carbons (Fsp3) is 0.333. The van der Waals surface area contributed by atoms with Gasteiger partial charge >= 0.3 is 0 Å². The molecule has 6 rings (SSSR count). The third-order valence-electron chi connectivity index (χ3n) is 6.73. The second-order valence-electron chi connectivity index (χ2n) is 8.76. The number of amides is 1. The van der Waals surface area contributed by atoms with Crippen LogP contribution in [0.4, 0.5) is 6.01 Å². The molecule has 2 aliphatic rings. The van der Waals surface area contributed by atoms with Crippen LogP contribution in [-0.2, 0) is 0 Å². The van der Waals surface area contributed by atoms with Crippen molar-refractivity contribution < 1.29 is 9.21 Å². The van der Waals surface area contributed by atoms with E-state index >= 15 is 0 Å². The van der Waals surface area contributed by atoms with E-state index in [0.29, 0.717) is 30.1 Å². The maximum absolute atomic E-state index is 13.7. The molecule has 0 bridgehead atoms. The number of hydrogen-bond acceptors (Lipinski definition) is 6. The van der Waals surface area contributed by atoms with Crippen molar-refractivity contribution in [3.05, 3.63) is 59.7 Å². The van der Waals surface area contributed by atoms with E-state index in [4.69, 9.17) is 4.42 Å². The van der Waals surface area contributed by atoms with Crippen LogP contribution in [0.1, 0.15) is 28.3 Å². The molecule has 1 aromatic carbocycles. The van der Waals surface area contributed by atoms with Crippen molar-refractivity contribution in [1.29, 1.82) is 0 Å². The minimum Gasteiger partial charge on any atom is -0.424 e. The van der Waals surface area contributed by atoms with Crippen LogP contribution in [0, 0.1) is 25.7 Å². The van der Waals surface area contributed by atoms with Gasteiger partial charge in [0.1, 0.15) is 11.2 Å². The van der Waals surface area contributed by atoms with Crippen molar-refractivity contribution in [3.63, 3.8) is 0 Å². The molecule has 1 aliphatic carbocycles. The summed E-state index contributed by atoms with van der Waals surface area (Å²) in [4.78, 5) is 24.7. The number of aromatic nitrogens is 4. The van der Waals surface area contributed by atoms with Crippen LogP contribution in [0.2, 0.25) is 0 Å². The number of nitrogens with zero attached hydrogens (tertiary/aromatic N) is 4. The second kappa shape index (κ2) is 7.19. The molecule has 0 spiro atoms. The standard InChI is InChI=1S/C24H24N6O2/c1-13-21(14(2)29-28-13)16-6-5-9-25-22(16)23(31)30-12-15-10-17(15)19(30)11-26-24-27-18-7-3-4-8-20(18)32-24/h3-9,15,17,19H,10-12H2,1-2H3,(H,26,27)(H,28,29).